The van der Waals surface area contributed by atoms with Gasteiger partial charge in [-0.25, -0.2) is 9.07 Å². The van der Waals surface area contributed by atoms with Crippen LogP contribution >= 0.6 is 0 Å². The molecule has 0 aliphatic carbocycles. The molecule has 11 heteroatoms. The van der Waals surface area contributed by atoms with Gasteiger partial charge in [-0.2, -0.15) is 13.2 Å². The van der Waals surface area contributed by atoms with Gasteiger partial charge in [0.1, 0.15) is 5.82 Å². The number of piperidine rings is 1. The maximum atomic E-state index is 13.6. The number of carbonyl (C=O) groups excluding carboxylic acids is 2. The summed E-state index contributed by atoms with van der Waals surface area (Å²) in [5.74, 6) is -2.63. The predicted octanol–water partition coefficient (Wildman–Crippen LogP) is 1.76. The number of primary amides is 1. The SMILES string of the molecule is NC(=O)C1CCN(C(=O)c2nnn(-c3cccc(F)c3)c2C(F)(F)F)CC1. The highest BCUT2D eigenvalue weighted by atomic mass is 19.4. The summed E-state index contributed by atoms with van der Waals surface area (Å²) in [5, 5.41) is 6.82. The quantitative estimate of drug-likeness (QED) is 0.815. The number of rotatable bonds is 3. The molecule has 0 bridgehead atoms. The van der Waals surface area contributed by atoms with Crippen molar-refractivity contribution in [2.24, 2.45) is 11.7 Å². The third kappa shape index (κ3) is 3.76. The minimum atomic E-state index is -4.94. The average Bonchev–Trinajstić information content (AvgIpc) is 3.06. The first kappa shape index (κ1) is 18.8. The van der Waals surface area contributed by atoms with Crippen LogP contribution in [0.15, 0.2) is 24.3 Å². The molecule has 1 aliphatic rings. The summed E-state index contributed by atoms with van der Waals surface area (Å²) >= 11 is 0. The van der Waals surface area contributed by atoms with Crippen LogP contribution in [0.3, 0.4) is 0 Å². The van der Waals surface area contributed by atoms with Crippen LogP contribution in [0.2, 0.25) is 0 Å². The Kier molecular flexibility index (Phi) is 4.85. The average molecular weight is 385 g/mol. The molecular weight excluding hydrogens is 370 g/mol. The van der Waals surface area contributed by atoms with E-state index in [1.54, 1.807) is 0 Å². The first-order valence-corrected chi connectivity index (χ1v) is 8.06. The highest BCUT2D eigenvalue weighted by molar-refractivity contribution is 5.93. The van der Waals surface area contributed by atoms with Crippen LogP contribution in [-0.2, 0) is 11.0 Å². The molecule has 0 atom stereocenters. The lowest BCUT2D eigenvalue weighted by Gasteiger charge is -2.30. The van der Waals surface area contributed by atoms with Crippen LogP contribution in [0.1, 0.15) is 29.0 Å². The van der Waals surface area contributed by atoms with Crippen molar-refractivity contribution in [3.8, 4) is 5.69 Å². The molecule has 2 amide bonds. The first-order chi connectivity index (χ1) is 12.7. The topological polar surface area (TPSA) is 94.1 Å². The van der Waals surface area contributed by atoms with E-state index in [4.69, 9.17) is 5.73 Å². The van der Waals surface area contributed by atoms with Crippen molar-refractivity contribution in [1.82, 2.24) is 19.9 Å². The fourth-order valence-electron chi connectivity index (χ4n) is 2.99. The molecule has 27 heavy (non-hydrogen) atoms. The van der Waals surface area contributed by atoms with E-state index in [0.29, 0.717) is 4.68 Å². The third-order valence-corrected chi connectivity index (χ3v) is 4.38. The van der Waals surface area contributed by atoms with E-state index in [1.807, 2.05) is 0 Å². The molecule has 1 fully saturated rings. The van der Waals surface area contributed by atoms with E-state index in [2.05, 4.69) is 10.3 Å². The van der Waals surface area contributed by atoms with Gasteiger partial charge in [-0.3, -0.25) is 9.59 Å². The summed E-state index contributed by atoms with van der Waals surface area (Å²) in [7, 11) is 0. The fraction of sp³-hybridized carbons (Fsp3) is 0.375. The van der Waals surface area contributed by atoms with Gasteiger partial charge in [-0.05, 0) is 31.0 Å². The molecule has 2 heterocycles. The molecule has 0 radical (unpaired) electrons. The number of aromatic nitrogens is 3. The van der Waals surface area contributed by atoms with Gasteiger partial charge in [-0.15, -0.1) is 5.10 Å². The van der Waals surface area contributed by atoms with Crippen LogP contribution in [-0.4, -0.2) is 44.8 Å². The Balaban J connectivity index is 1.94. The molecule has 2 N–H and O–H groups in total. The molecule has 0 spiro atoms. The highest BCUT2D eigenvalue weighted by Gasteiger charge is 2.43. The number of likely N-dealkylation sites (tertiary alicyclic amines) is 1. The van der Waals surface area contributed by atoms with Crippen LogP contribution < -0.4 is 5.73 Å². The molecule has 1 aromatic heterocycles. The predicted molar refractivity (Wildman–Crippen MR) is 84.1 cm³/mol. The van der Waals surface area contributed by atoms with Crippen LogP contribution in [0.5, 0.6) is 0 Å². The van der Waals surface area contributed by atoms with Crippen LogP contribution in [0.25, 0.3) is 5.69 Å². The third-order valence-electron chi connectivity index (χ3n) is 4.38. The van der Waals surface area contributed by atoms with Crippen molar-refractivity contribution in [1.29, 1.82) is 0 Å². The second-order valence-electron chi connectivity index (χ2n) is 6.14. The number of hydrogen-bond acceptors (Lipinski definition) is 4. The summed E-state index contributed by atoms with van der Waals surface area (Å²) in [6.07, 6.45) is -4.41. The summed E-state index contributed by atoms with van der Waals surface area (Å²) in [4.78, 5) is 24.9. The molecule has 7 nitrogen and oxygen atoms in total. The molecule has 2 aromatic rings. The van der Waals surface area contributed by atoms with Gasteiger partial charge in [0, 0.05) is 19.0 Å². The number of nitrogens with two attached hydrogens (primary N) is 1. The number of halogens is 4. The van der Waals surface area contributed by atoms with Crippen molar-refractivity contribution in [2.75, 3.05) is 13.1 Å². The van der Waals surface area contributed by atoms with E-state index in [-0.39, 0.29) is 31.6 Å². The Bertz CT molecular complexity index is 872. The maximum absolute atomic E-state index is 13.6. The van der Waals surface area contributed by atoms with Crippen LogP contribution in [0, 0.1) is 11.7 Å². The van der Waals surface area contributed by atoms with Gasteiger partial charge in [0.25, 0.3) is 5.91 Å². The van der Waals surface area contributed by atoms with Crippen LogP contribution in [0.4, 0.5) is 17.6 Å². The largest absolute Gasteiger partial charge is 0.435 e. The fourth-order valence-corrected chi connectivity index (χ4v) is 2.99. The van der Waals surface area contributed by atoms with Gasteiger partial charge in [0.05, 0.1) is 5.69 Å². The Labute approximate surface area is 150 Å². The van der Waals surface area contributed by atoms with E-state index in [1.165, 1.54) is 17.0 Å². The first-order valence-electron chi connectivity index (χ1n) is 8.06. The molecule has 3 rings (SSSR count). The molecule has 1 aliphatic heterocycles. The number of carbonyl (C=O) groups is 2. The molecule has 1 aromatic carbocycles. The lowest BCUT2D eigenvalue weighted by molar-refractivity contribution is -0.143. The Hall–Kier alpha value is -2.98. The number of amides is 2. The van der Waals surface area contributed by atoms with Crippen molar-refractivity contribution < 1.29 is 27.2 Å². The highest BCUT2D eigenvalue weighted by Crippen LogP contribution is 2.33. The van der Waals surface area contributed by atoms with Crippen molar-refractivity contribution in [3.05, 3.63) is 41.5 Å². The Morgan fingerprint density at radius 3 is 2.41 bits per heavy atom. The van der Waals surface area contributed by atoms with Gasteiger partial charge >= 0.3 is 6.18 Å². The smallest absolute Gasteiger partial charge is 0.369 e. The zero-order valence-corrected chi connectivity index (χ0v) is 13.9. The van der Waals surface area contributed by atoms with E-state index in [0.717, 1.165) is 12.1 Å². The standard InChI is InChI=1S/C16H15F4N5O2/c17-10-2-1-3-11(8-10)25-13(16(18,19)20)12(22-23-25)15(27)24-6-4-9(5-7-24)14(21)26/h1-3,8-9H,4-7H2,(H2,21,26). The van der Waals surface area contributed by atoms with Crippen molar-refractivity contribution >= 4 is 11.8 Å². The molecule has 0 unspecified atom stereocenters. The molecule has 0 saturated carbocycles. The van der Waals surface area contributed by atoms with Gasteiger partial charge in [-0.1, -0.05) is 11.3 Å². The zero-order valence-electron chi connectivity index (χ0n) is 13.9. The summed E-state index contributed by atoms with van der Waals surface area (Å²) in [6, 6.07) is 4.38. The minimum absolute atomic E-state index is 0.0799. The number of nitrogens with zero attached hydrogens (tertiary/aromatic N) is 4. The van der Waals surface area contributed by atoms with E-state index in [9.17, 15) is 27.2 Å². The molecule has 1 saturated heterocycles. The number of benzene rings is 1. The van der Waals surface area contributed by atoms with Crippen molar-refractivity contribution in [3.63, 3.8) is 0 Å². The summed E-state index contributed by atoms with van der Waals surface area (Å²) in [6.45, 7) is 0.160. The van der Waals surface area contributed by atoms with Gasteiger partial charge < -0.3 is 10.6 Å². The monoisotopic (exact) mass is 385 g/mol. The summed E-state index contributed by atoms with van der Waals surface area (Å²) in [5.41, 5.74) is 2.76. The zero-order chi connectivity index (χ0) is 19.8. The summed E-state index contributed by atoms with van der Waals surface area (Å²) < 4.78 is 54.6. The Morgan fingerprint density at radius 2 is 1.85 bits per heavy atom. The van der Waals surface area contributed by atoms with Crippen molar-refractivity contribution in [2.45, 2.75) is 19.0 Å². The maximum Gasteiger partial charge on any atom is 0.435 e. The van der Waals surface area contributed by atoms with E-state index >= 15 is 0 Å². The second-order valence-corrected chi connectivity index (χ2v) is 6.14. The van der Waals surface area contributed by atoms with Gasteiger partial charge in [0.2, 0.25) is 5.91 Å². The second kappa shape index (κ2) is 6.97. The number of alkyl halides is 3. The molecule has 144 valence electrons. The number of hydrogen-bond donors (Lipinski definition) is 1. The lowest BCUT2D eigenvalue weighted by Crippen LogP contribution is -2.42. The molecular formula is C16H15F4N5O2. The normalized spacial score (nSPS) is 15.8. The van der Waals surface area contributed by atoms with E-state index < -0.39 is 41.1 Å². The minimum Gasteiger partial charge on any atom is -0.369 e. The lowest BCUT2D eigenvalue weighted by atomic mass is 9.96. The Morgan fingerprint density at radius 1 is 1.19 bits per heavy atom. The van der Waals surface area contributed by atoms with Gasteiger partial charge in [0.15, 0.2) is 11.4 Å².